The number of hydrogen-bond donors (Lipinski definition) is 0. The van der Waals surface area contributed by atoms with Crippen molar-refractivity contribution in [2.75, 3.05) is 13.1 Å². The number of carbonyl (C=O) groups is 1. The summed E-state index contributed by atoms with van der Waals surface area (Å²) in [5.74, 6) is -0.526. The Labute approximate surface area is 190 Å². The summed E-state index contributed by atoms with van der Waals surface area (Å²) in [6.45, 7) is 0.669. The average Bonchev–Trinajstić information content (AvgIpc) is 3.53. The summed E-state index contributed by atoms with van der Waals surface area (Å²) in [6.07, 6.45) is 3.59. The van der Waals surface area contributed by atoms with Crippen LogP contribution in [0.1, 0.15) is 28.2 Å². The number of rotatable bonds is 3. The molecule has 0 spiro atoms. The first-order chi connectivity index (χ1) is 15.7. The van der Waals surface area contributed by atoms with Gasteiger partial charge in [-0.3, -0.25) is 13.9 Å². The second-order valence-corrected chi connectivity index (χ2v) is 8.03. The van der Waals surface area contributed by atoms with E-state index >= 15 is 0 Å². The fraction of sp³-hybridized carbons (Fsp3) is 0.227. The third-order valence-corrected chi connectivity index (χ3v) is 6.03. The van der Waals surface area contributed by atoms with Crippen molar-refractivity contribution in [3.05, 3.63) is 71.3 Å². The number of alkyl halides is 3. The van der Waals surface area contributed by atoms with Crippen LogP contribution in [0.5, 0.6) is 0 Å². The number of hydrogen-bond acceptors (Lipinski definition) is 4. The maximum atomic E-state index is 13.8. The van der Waals surface area contributed by atoms with Crippen molar-refractivity contribution in [1.29, 1.82) is 0 Å². The number of imidazole rings is 1. The molecule has 0 aliphatic carbocycles. The zero-order valence-electron chi connectivity index (χ0n) is 17.3. The molecular weight excluding hydrogens is 459 g/mol. The molecule has 0 N–H and O–H groups in total. The van der Waals surface area contributed by atoms with Crippen molar-refractivity contribution >= 4 is 28.7 Å². The number of pyridine rings is 1. The van der Waals surface area contributed by atoms with Crippen molar-refractivity contribution in [1.82, 2.24) is 24.1 Å². The molecule has 5 heterocycles. The molecule has 0 atom stereocenters. The third-order valence-electron chi connectivity index (χ3n) is 5.67. The average molecular weight is 476 g/mol. The van der Waals surface area contributed by atoms with E-state index in [2.05, 4.69) is 10.1 Å². The SMILES string of the molecule is Cn1nccc1C1=CCN(C(=O)c2nc3c(C(F)(F)F)cc(-c4ccoc4)cn3c2Cl)CC1. The van der Waals surface area contributed by atoms with Crippen LogP contribution in [0.4, 0.5) is 13.2 Å². The Balaban J connectivity index is 1.52. The topological polar surface area (TPSA) is 68.6 Å². The van der Waals surface area contributed by atoms with Gasteiger partial charge >= 0.3 is 6.18 Å². The highest BCUT2D eigenvalue weighted by molar-refractivity contribution is 6.33. The Morgan fingerprint density at radius 2 is 2.06 bits per heavy atom. The van der Waals surface area contributed by atoms with E-state index < -0.39 is 23.3 Å². The summed E-state index contributed by atoms with van der Waals surface area (Å²) in [4.78, 5) is 18.7. The standard InChI is InChI=1S/C22H17ClF3N5O2/c1-29-17(2-6-27-29)13-3-7-30(8-4-13)21(32)18-19(23)31-11-15(14-5-9-33-12-14)10-16(20(31)28-18)22(24,25)26/h2-3,5-6,9-12H,4,7-8H2,1H3. The minimum absolute atomic E-state index is 0.174. The van der Waals surface area contributed by atoms with Crippen LogP contribution in [0.15, 0.2) is 53.6 Å². The van der Waals surface area contributed by atoms with Gasteiger partial charge in [-0.15, -0.1) is 0 Å². The number of furan rings is 1. The molecule has 0 saturated carbocycles. The van der Waals surface area contributed by atoms with Crippen molar-refractivity contribution in [2.45, 2.75) is 12.6 Å². The molecule has 0 aromatic carbocycles. The first kappa shape index (κ1) is 21.3. The highest BCUT2D eigenvalue weighted by Crippen LogP contribution is 2.37. The summed E-state index contributed by atoms with van der Waals surface area (Å²) < 4.78 is 49.3. The highest BCUT2D eigenvalue weighted by Gasteiger charge is 2.36. The van der Waals surface area contributed by atoms with Crippen LogP contribution in [0.25, 0.3) is 22.3 Å². The molecular formula is C22H17ClF3N5O2. The van der Waals surface area contributed by atoms with Crippen LogP contribution in [-0.2, 0) is 13.2 Å². The third kappa shape index (κ3) is 3.70. The van der Waals surface area contributed by atoms with Gasteiger partial charge in [0.25, 0.3) is 5.91 Å². The molecule has 0 unspecified atom stereocenters. The molecule has 5 rings (SSSR count). The lowest BCUT2D eigenvalue weighted by Gasteiger charge is -2.26. The Morgan fingerprint density at radius 1 is 1.24 bits per heavy atom. The van der Waals surface area contributed by atoms with Gasteiger partial charge in [0.2, 0.25) is 0 Å². The van der Waals surface area contributed by atoms with Gasteiger partial charge in [0.15, 0.2) is 11.3 Å². The maximum absolute atomic E-state index is 13.8. The van der Waals surface area contributed by atoms with E-state index in [0.717, 1.165) is 21.7 Å². The Morgan fingerprint density at radius 3 is 2.67 bits per heavy atom. The Kier molecular flexibility index (Phi) is 5.04. The van der Waals surface area contributed by atoms with E-state index in [1.165, 1.54) is 29.7 Å². The monoisotopic (exact) mass is 475 g/mol. The summed E-state index contributed by atoms with van der Waals surface area (Å²) >= 11 is 6.39. The van der Waals surface area contributed by atoms with E-state index in [-0.39, 0.29) is 23.0 Å². The number of carbonyl (C=O) groups excluding carboxylic acids is 1. The van der Waals surface area contributed by atoms with E-state index in [1.54, 1.807) is 10.9 Å². The summed E-state index contributed by atoms with van der Waals surface area (Å²) in [6, 6.07) is 4.40. The van der Waals surface area contributed by atoms with Crippen LogP contribution >= 0.6 is 11.6 Å². The van der Waals surface area contributed by atoms with Gasteiger partial charge in [0.05, 0.1) is 23.8 Å². The second kappa shape index (κ2) is 7.80. The smallest absolute Gasteiger partial charge is 0.420 e. The van der Waals surface area contributed by atoms with Gasteiger partial charge in [-0.2, -0.15) is 18.3 Å². The van der Waals surface area contributed by atoms with Gasteiger partial charge in [-0.25, -0.2) is 4.98 Å². The number of nitrogens with zero attached hydrogens (tertiary/aromatic N) is 5. The molecule has 0 bridgehead atoms. The molecule has 4 aromatic heterocycles. The summed E-state index contributed by atoms with van der Waals surface area (Å²) in [5.41, 5.74) is 1.06. The highest BCUT2D eigenvalue weighted by atomic mass is 35.5. The fourth-order valence-corrected chi connectivity index (χ4v) is 4.23. The van der Waals surface area contributed by atoms with E-state index in [4.69, 9.17) is 16.0 Å². The van der Waals surface area contributed by atoms with Crippen molar-refractivity contribution in [3.63, 3.8) is 0 Å². The molecule has 1 aliphatic rings. The van der Waals surface area contributed by atoms with Crippen molar-refractivity contribution in [2.24, 2.45) is 7.05 Å². The zero-order valence-corrected chi connectivity index (χ0v) is 18.1. The largest absolute Gasteiger partial charge is 0.472 e. The van der Waals surface area contributed by atoms with Crippen LogP contribution < -0.4 is 0 Å². The number of aryl methyl sites for hydroxylation is 1. The van der Waals surface area contributed by atoms with Gasteiger partial charge in [-0.1, -0.05) is 17.7 Å². The number of halogens is 4. The molecule has 11 heteroatoms. The van der Waals surface area contributed by atoms with Crippen LogP contribution in [0.3, 0.4) is 0 Å². The quantitative estimate of drug-likeness (QED) is 0.421. The lowest BCUT2D eigenvalue weighted by atomic mass is 10.0. The first-order valence-electron chi connectivity index (χ1n) is 10.0. The van der Waals surface area contributed by atoms with Crippen LogP contribution in [-0.4, -0.2) is 43.1 Å². The minimum Gasteiger partial charge on any atom is -0.472 e. The van der Waals surface area contributed by atoms with Crippen molar-refractivity contribution < 1.29 is 22.4 Å². The van der Waals surface area contributed by atoms with Gasteiger partial charge < -0.3 is 9.32 Å². The predicted octanol–water partition coefficient (Wildman–Crippen LogP) is 4.93. The van der Waals surface area contributed by atoms with Gasteiger partial charge in [0, 0.05) is 43.7 Å². The fourth-order valence-electron chi connectivity index (χ4n) is 3.97. The predicted molar refractivity (Wildman–Crippen MR) is 115 cm³/mol. The molecule has 170 valence electrons. The lowest BCUT2D eigenvalue weighted by Crippen LogP contribution is -2.35. The molecule has 1 aliphatic heterocycles. The second-order valence-electron chi connectivity index (χ2n) is 7.67. The van der Waals surface area contributed by atoms with E-state index in [0.29, 0.717) is 18.5 Å². The molecule has 0 radical (unpaired) electrons. The first-order valence-corrected chi connectivity index (χ1v) is 10.4. The molecule has 0 fully saturated rings. The maximum Gasteiger partial charge on any atom is 0.420 e. The van der Waals surface area contributed by atoms with Crippen LogP contribution in [0, 0.1) is 0 Å². The molecule has 0 saturated heterocycles. The summed E-state index contributed by atoms with van der Waals surface area (Å²) in [5, 5.41) is 3.98. The van der Waals surface area contributed by atoms with Crippen molar-refractivity contribution in [3.8, 4) is 11.1 Å². The zero-order chi connectivity index (χ0) is 23.3. The molecule has 7 nitrogen and oxygen atoms in total. The normalized spacial score (nSPS) is 14.7. The van der Waals surface area contributed by atoms with Gasteiger partial charge in [-0.05, 0) is 30.2 Å². The Hall–Kier alpha value is -3.53. The number of fused-ring (bicyclic) bond motifs is 1. The Bertz CT molecular complexity index is 1390. The van der Waals surface area contributed by atoms with E-state index in [1.807, 2.05) is 19.2 Å². The molecule has 4 aromatic rings. The van der Waals surface area contributed by atoms with Crippen LogP contribution in [0.2, 0.25) is 5.15 Å². The molecule has 33 heavy (non-hydrogen) atoms. The lowest BCUT2D eigenvalue weighted by molar-refractivity contribution is -0.136. The molecule has 1 amide bonds. The summed E-state index contributed by atoms with van der Waals surface area (Å²) in [7, 11) is 1.83. The minimum atomic E-state index is -4.69. The van der Waals surface area contributed by atoms with E-state index in [9.17, 15) is 18.0 Å². The van der Waals surface area contributed by atoms with Gasteiger partial charge in [0.1, 0.15) is 5.15 Å². The number of aromatic nitrogens is 4. The number of amides is 1.